The molecular formula is C10H13N3O3S. The van der Waals surface area contributed by atoms with Crippen molar-refractivity contribution >= 4 is 15.7 Å². The van der Waals surface area contributed by atoms with Crippen LogP contribution in [-0.2, 0) is 10.0 Å². The van der Waals surface area contributed by atoms with Crippen LogP contribution in [0, 0.1) is 11.3 Å². The van der Waals surface area contributed by atoms with Gasteiger partial charge in [-0.2, -0.15) is 5.26 Å². The van der Waals surface area contributed by atoms with Crippen molar-refractivity contribution < 1.29 is 13.5 Å². The van der Waals surface area contributed by atoms with E-state index in [1.165, 1.54) is 25.1 Å². The van der Waals surface area contributed by atoms with Crippen LogP contribution in [0.1, 0.15) is 12.5 Å². The lowest BCUT2D eigenvalue weighted by molar-refractivity contribution is 0.198. The zero-order chi connectivity index (χ0) is 13.1. The maximum Gasteiger partial charge on any atom is 0.242 e. The molecule has 0 saturated heterocycles. The first-order valence-corrected chi connectivity index (χ1v) is 6.32. The number of nitrogen functional groups attached to an aromatic ring is 1. The largest absolute Gasteiger partial charge is 0.398 e. The minimum absolute atomic E-state index is 0.00198. The molecule has 0 saturated carbocycles. The minimum atomic E-state index is -3.76. The first-order valence-electron chi connectivity index (χ1n) is 4.84. The van der Waals surface area contributed by atoms with Crippen LogP contribution in [0.5, 0.6) is 0 Å². The van der Waals surface area contributed by atoms with Gasteiger partial charge in [-0.25, -0.2) is 13.1 Å². The standard InChI is InChI=1S/C10H13N3O3S/c1-7(14)6-13-17(15,16)10-3-2-8(5-11)4-9(10)12/h2-4,7,13-14H,6,12H2,1H3. The summed E-state index contributed by atoms with van der Waals surface area (Å²) in [5, 5.41) is 17.6. The van der Waals surface area contributed by atoms with Gasteiger partial charge < -0.3 is 10.8 Å². The van der Waals surface area contributed by atoms with E-state index in [1.54, 1.807) is 0 Å². The molecule has 0 radical (unpaired) electrons. The average Bonchev–Trinajstić information content (AvgIpc) is 2.26. The van der Waals surface area contributed by atoms with Gasteiger partial charge >= 0.3 is 0 Å². The van der Waals surface area contributed by atoms with Crippen molar-refractivity contribution in [2.45, 2.75) is 17.9 Å². The average molecular weight is 255 g/mol. The van der Waals surface area contributed by atoms with E-state index in [0.717, 1.165) is 0 Å². The Bertz CT molecular complexity index is 546. The van der Waals surface area contributed by atoms with E-state index < -0.39 is 16.1 Å². The molecule has 92 valence electrons. The number of rotatable bonds is 4. The number of nitrogens with one attached hydrogen (secondary N) is 1. The molecule has 7 heteroatoms. The molecular weight excluding hydrogens is 242 g/mol. The molecule has 4 N–H and O–H groups in total. The maximum atomic E-state index is 11.8. The summed E-state index contributed by atoms with van der Waals surface area (Å²) in [7, 11) is -3.76. The van der Waals surface area contributed by atoms with Gasteiger partial charge in [-0.3, -0.25) is 0 Å². The third-order valence-corrected chi connectivity index (χ3v) is 3.49. The van der Waals surface area contributed by atoms with Crippen molar-refractivity contribution in [3.63, 3.8) is 0 Å². The fraction of sp³-hybridized carbons (Fsp3) is 0.300. The lowest BCUT2D eigenvalue weighted by Gasteiger charge is -2.10. The van der Waals surface area contributed by atoms with Gasteiger partial charge in [0.15, 0.2) is 0 Å². The van der Waals surface area contributed by atoms with E-state index in [0.29, 0.717) is 0 Å². The van der Waals surface area contributed by atoms with Crippen LogP contribution in [0.2, 0.25) is 0 Å². The van der Waals surface area contributed by atoms with Crippen LogP contribution in [0.4, 0.5) is 5.69 Å². The molecule has 0 bridgehead atoms. The van der Waals surface area contributed by atoms with Crippen LogP contribution < -0.4 is 10.5 Å². The molecule has 6 nitrogen and oxygen atoms in total. The van der Waals surface area contributed by atoms with Gasteiger partial charge in [0.2, 0.25) is 10.0 Å². The molecule has 0 aromatic heterocycles. The predicted molar refractivity (Wildman–Crippen MR) is 62.4 cm³/mol. The minimum Gasteiger partial charge on any atom is -0.398 e. The maximum absolute atomic E-state index is 11.8. The molecule has 0 aliphatic heterocycles. The van der Waals surface area contributed by atoms with E-state index in [4.69, 9.17) is 16.1 Å². The monoisotopic (exact) mass is 255 g/mol. The molecule has 1 unspecified atom stereocenters. The van der Waals surface area contributed by atoms with E-state index >= 15 is 0 Å². The quantitative estimate of drug-likeness (QED) is 0.644. The Morgan fingerprint density at radius 2 is 2.24 bits per heavy atom. The molecule has 0 spiro atoms. The van der Waals surface area contributed by atoms with Crippen LogP contribution in [0.3, 0.4) is 0 Å². The van der Waals surface area contributed by atoms with E-state index in [1.807, 2.05) is 6.07 Å². The second-order valence-electron chi connectivity index (χ2n) is 3.57. The molecule has 1 rings (SSSR count). The first-order chi connectivity index (χ1) is 7.86. The third kappa shape index (κ3) is 3.42. The summed E-state index contributed by atoms with van der Waals surface area (Å²) in [6.07, 6.45) is -0.788. The normalized spacial score (nSPS) is 13.0. The highest BCUT2D eigenvalue weighted by Crippen LogP contribution is 2.19. The van der Waals surface area contributed by atoms with Crippen molar-refractivity contribution in [2.75, 3.05) is 12.3 Å². The number of aliphatic hydroxyl groups is 1. The van der Waals surface area contributed by atoms with Crippen LogP contribution in [-0.4, -0.2) is 26.2 Å². The van der Waals surface area contributed by atoms with Gasteiger partial charge in [-0.15, -0.1) is 0 Å². The number of aliphatic hydroxyl groups excluding tert-OH is 1. The Kier molecular flexibility index (Phi) is 4.07. The lowest BCUT2D eigenvalue weighted by Crippen LogP contribution is -2.31. The number of hydrogen-bond donors (Lipinski definition) is 3. The second kappa shape index (κ2) is 5.14. The Balaban J connectivity index is 3.04. The van der Waals surface area contributed by atoms with E-state index in [-0.39, 0.29) is 22.7 Å². The number of nitriles is 1. The van der Waals surface area contributed by atoms with Gasteiger partial charge in [0, 0.05) is 6.54 Å². The topological polar surface area (TPSA) is 116 Å². The number of sulfonamides is 1. The summed E-state index contributed by atoms with van der Waals surface area (Å²) in [5.41, 5.74) is 5.85. The lowest BCUT2D eigenvalue weighted by atomic mass is 10.2. The Morgan fingerprint density at radius 3 is 2.71 bits per heavy atom. The number of hydrogen-bond acceptors (Lipinski definition) is 5. The highest BCUT2D eigenvalue weighted by atomic mass is 32.2. The number of nitrogens with zero attached hydrogens (tertiary/aromatic N) is 1. The van der Waals surface area contributed by atoms with Gasteiger partial charge in [0.25, 0.3) is 0 Å². The van der Waals surface area contributed by atoms with Gasteiger partial charge in [0.05, 0.1) is 23.4 Å². The molecule has 1 aromatic rings. The van der Waals surface area contributed by atoms with Crippen LogP contribution >= 0.6 is 0 Å². The number of anilines is 1. The molecule has 0 amide bonds. The zero-order valence-corrected chi connectivity index (χ0v) is 10.0. The summed E-state index contributed by atoms with van der Waals surface area (Å²) in [6.45, 7) is 1.37. The molecule has 0 heterocycles. The van der Waals surface area contributed by atoms with Crippen molar-refractivity contribution in [1.29, 1.82) is 5.26 Å². The fourth-order valence-corrected chi connectivity index (χ4v) is 2.40. The van der Waals surface area contributed by atoms with Crippen molar-refractivity contribution in [3.8, 4) is 6.07 Å². The summed E-state index contributed by atoms with van der Waals surface area (Å²) >= 11 is 0. The highest BCUT2D eigenvalue weighted by Gasteiger charge is 2.17. The summed E-state index contributed by atoms with van der Waals surface area (Å²) in [4.78, 5) is -0.0999. The predicted octanol–water partition coefficient (Wildman–Crippen LogP) is -0.200. The van der Waals surface area contributed by atoms with E-state index in [9.17, 15) is 8.42 Å². The Hall–Kier alpha value is -1.62. The molecule has 1 atom stereocenters. The Morgan fingerprint density at radius 1 is 1.59 bits per heavy atom. The van der Waals surface area contributed by atoms with Crippen molar-refractivity contribution in [1.82, 2.24) is 4.72 Å². The second-order valence-corrected chi connectivity index (χ2v) is 5.30. The SMILES string of the molecule is CC(O)CNS(=O)(=O)c1ccc(C#N)cc1N. The van der Waals surface area contributed by atoms with Crippen molar-refractivity contribution in [3.05, 3.63) is 23.8 Å². The fourth-order valence-electron chi connectivity index (χ4n) is 1.17. The van der Waals surface area contributed by atoms with Crippen molar-refractivity contribution in [2.24, 2.45) is 0 Å². The third-order valence-electron chi connectivity index (χ3n) is 2.00. The molecule has 17 heavy (non-hydrogen) atoms. The highest BCUT2D eigenvalue weighted by molar-refractivity contribution is 7.89. The van der Waals surface area contributed by atoms with Gasteiger partial charge in [0.1, 0.15) is 4.90 Å². The first kappa shape index (κ1) is 13.4. The van der Waals surface area contributed by atoms with E-state index in [2.05, 4.69) is 4.72 Å². The summed E-state index contributed by atoms with van der Waals surface area (Å²) in [5.74, 6) is 0. The zero-order valence-electron chi connectivity index (χ0n) is 9.21. The van der Waals surface area contributed by atoms with Crippen LogP contribution in [0.25, 0.3) is 0 Å². The number of nitrogens with two attached hydrogens (primary N) is 1. The summed E-state index contributed by atoms with van der Waals surface area (Å²) < 4.78 is 25.8. The molecule has 0 aliphatic rings. The smallest absolute Gasteiger partial charge is 0.242 e. The summed E-state index contributed by atoms with van der Waals surface area (Å²) in [6, 6.07) is 5.78. The molecule has 1 aromatic carbocycles. The number of benzene rings is 1. The van der Waals surface area contributed by atoms with Gasteiger partial charge in [-0.05, 0) is 25.1 Å². The molecule has 0 aliphatic carbocycles. The van der Waals surface area contributed by atoms with Gasteiger partial charge in [-0.1, -0.05) is 0 Å². The Labute approximate surface area is 99.7 Å². The van der Waals surface area contributed by atoms with Crippen LogP contribution in [0.15, 0.2) is 23.1 Å². The molecule has 0 fully saturated rings.